The minimum atomic E-state index is 0.631. The van der Waals surface area contributed by atoms with E-state index in [0.717, 1.165) is 20.1 Å². The van der Waals surface area contributed by atoms with Gasteiger partial charge in [-0.05, 0) is 28.9 Å². The van der Waals surface area contributed by atoms with Crippen LogP contribution in [0.2, 0.25) is 5.02 Å². The van der Waals surface area contributed by atoms with E-state index < -0.39 is 0 Å². The number of halogens is 2. The van der Waals surface area contributed by atoms with Gasteiger partial charge in [-0.2, -0.15) is 0 Å². The van der Waals surface area contributed by atoms with Crippen molar-refractivity contribution < 1.29 is 0 Å². The molecule has 2 heterocycles. The van der Waals surface area contributed by atoms with Gasteiger partial charge in [0.05, 0.1) is 14.5 Å². The Bertz CT molecular complexity index is 450. The Morgan fingerprint density at radius 1 is 1.43 bits per heavy atom. The lowest BCUT2D eigenvalue weighted by molar-refractivity contribution is 1.24. The van der Waals surface area contributed by atoms with Crippen molar-refractivity contribution in [1.29, 1.82) is 0 Å². The molecule has 14 heavy (non-hydrogen) atoms. The summed E-state index contributed by atoms with van der Waals surface area (Å²) in [6.45, 7) is 1.96. The molecule has 2 aromatic rings. The molecule has 72 valence electrons. The maximum atomic E-state index is 5.84. The minimum absolute atomic E-state index is 0.631. The summed E-state index contributed by atoms with van der Waals surface area (Å²) < 4.78 is 1.05. The molecule has 2 aromatic heterocycles. The molecule has 2 nitrogen and oxygen atoms in total. The van der Waals surface area contributed by atoms with Gasteiger partial charge >= 0.3 is 0 Å². The van der Waals surface area contributed by atoms with Crippen molar-refractivity contribution >= 4 is 38.9 Å². The summed E-state index contributed by atoms with van der Waals surface area (Å²) in [5.41, 5.74) is 1.95. The Balaban J connectivity index is 2.49. The molecule has 0 aliphatic carbocycles. The monoisotopic (exact) mass is 288 g/mol. The highest BCUT2D eigenvalue weighted by atomic mass is 79.9. The smallest absolute Gasteiger partial charge is 0.126 e. The normalized spacial score (nSPS) is 10.5. The maximum absolute atomic E-state index is 5.84. The first-order valence-corrected chi connectivity index (χ1v) is 5.89. The molecule has 0 bridgehead atoms. The van der Waals surface area contributed by atoms with Gasteiger partial charge in [0.1, 0.15) is 5.01 Å². The molecule has 5 heteroatoms. The number of rotatable bonds is 1. The van der Waals surface area contributed by atoms with Crippen molar-refractivity contribution in [3.05, 3.63) is 33.0 Å². The molecule has 0 atom stereocenters. The number of aromatic nitrogens is 2. The van der Waals surface area contributed by atoms with Crippen molar-refractivity contribution in [3.8, 4) is 10.6 Å². The molecule has 0 N–H and O–H groups in total. The van der Waals surface area contributed by atoms with E-state index in [0.29, 0.717) is 5.02 Å². The van der Waals surface area contributed by atoms with E-state index in [-0.39, 0.29) is 0 Å². The highest BCUT2D eigenvalue weighted by Crippen LogP contribution is 2.31. The fraction of sp³-hybridized carbons (Fsp3) is 0.111. The number of nitrogens with zero attached hydrogens (tertiary/aromatic N) is 2. The van der Waals surface area contributed by atoms with E-state index in [4.69, 9.17) is 11.6 Å². The molecule has 0 unspecified atom stereocenters. The van der Waals surface area contributed by atoms with Crippen LogP contribution in [0.4, 0.5) is 0 Å². The molecule has 0 aliphatic heterocycles. The minimum Gasteiger partial charge on any atom is -0.262 e. The Morgan fingerprint density at radius 3 is 2.79 bits per heavy atom. The molecule has 0 amide bonds. The summed E-state index contributed by atoms with van der Waals surface area (Å²) in [6.07, 6.45) is 3.37. The van der Waals surface area contributed by atoms with Crippen LogP contribution in [-0.2, 0) is 0 Å². The van der Waals surface area contributed by atoms with Crippen molar-refractivity contribution in [3.63, 3.8) is 0 Å². The number of thiazole rings is 1. The van der Waals surface area contributed by atoms with Gasteiger partial charge in [0.25, 0.3) is 0 Å². The third kappa shape index (κ3) is 1.97. The van der Waals surface area contributed by atoms with Gasteiger partial charge in [-0.15, -0.1) is 11.3 Å². The lowest BCUT2D eigenvalue weighted by Crippen LogP contribution is -1.79. The van der Waals surface area contributed by atoms with Crippen LogP contribution in [0.5, 0.6) is 0 Å². The van der Waals surface area contributed by atoms with Crippen molar-refractivity contribution in [2.45, 2.75) is 6.92 Å². The van der Waals surface area contributed by atoms with Gasteiger partial charge in [-0.25, -0.2) is 4.98 Å². The van der Waals surface area contributed by atoms with Crippen LogP contribution in [-0.4, -0.2) is 9.97 Å². The van der Waals surface area contributed by atoms with E-state index in [2.05, 4.69) is 25.9 Å². The quantitative estimate of drug-likeness (QED) is 0.795. The largest absolute Gasteiger partial charge is 0.262 e. The molecule has 0 saturated heterocycles. The van der Waals surface area contributed by atoms with Crippen molar-refractivity contribution in [2.75, 3.05) is 0 Å². The average molecular weight is 290 g/mol. The molecule has 0 aromatic carbocycles. The second-order valence-electron chi connectivity index (χ2n) is 2.77. The highest BCUT2D eigenvalue weighted by Gasteiger charge is 2.07. The van der Waals surface area contributed by atoms with Gasteiger partial charge in [-0.1, -0.05) is 11.6 Å². The third-order valence-corrected chi connectivity index (χ3v) is 3.95. The Hall–Kier alpha value is -0.450. The average Bonchev–Trinajstić information content (AvgIpc) is 2.47. The Kier molecular flexibility index (Phi) is 2.85. The topological polar surface area (TPSA) is 25.8 Å². The van der Waals surface area contributed by atoms with E-state index in [1.807, 2.05) is 13.0 Å². The standard InChI is InChI=1S/C9H6BrClN2S/c1-5-8(10)14-9(13-5)6-2-7(11)4-12-3-6/h2-4H,1H3. The molecule has 0 spiro atoms. The van der Waals surface area contributed by atoms with Crippen molar-refractivity contribution in [1.82, 2.24) is 9.97 Å². The summed E-state index contributed by atoms with van der Waals surface area (Å²) in [4.78, 5) is 8.41. The highest BCUT2D eigenvalue weighted by molar-refractivity contribution is 9.11. The van der Waals surface area contributed by atoms with Gasteiger partial charge in [0.15, 0.2) is 0 Å². The van der Waals surface area contributed by atoms with Crippen molar-refractivity contribution in [2.24, 2.45) is 0 Å². The lowest BCUT2D eigenvalue weighted by Gasteiger charge is -1.94. The van der Waals surface area contributed by atoms with Crippen LogP contribution < -0.4 is 0 Å². The maximum Gasteiger partial charge on any atom is 0.126 e. The van der Waals surface area contributed by atoms with E-state index in [1.54, 1.807) is 23.7 Å². The lowest BCUT2D eigenvalue weighted by atomic mass is 10.3. The van der Waals surface area contributed by atoms with Crippen LogP contribution in [0, 0.1) is 6.92 Å². The van der Waals surface area contributed by atoms with Crippen LogP contribution in [0.25, 0.3) is 10.6 Å². The van der Waals surface area contributed by atoms with Crippen LogP contribution in [0.1, 0.15) is 5.69 Å². The van der Waals surface area contributed by atoms with Gasteiger partial charge in [0.2, 0.25) is 0 Å². The first kappa shape index (κ1) is 10.1. The Morgan fingerprint density at radius 2 is 2.21 bits per heavy atom. The van der Waals surface area contributed by atoms with E-state index >= 15 is 0 Å². The predicted octanol–water partition coefficient (Wildman–Crippen LogP) is 3.93. The van der Waals surface area contributed by atoms with Gasteiger partial charge < -0.3 is 0 Å². The number of aryl methyl sites for hydroxylation is 1. The number of pyridine rings is 1. The number of hydrogen-bond acceptors (Lipinski definition) is 3. The summed E-state index contributed by atoms with van der Waals surface area (Å²) in [6, 6.07) is 1.86. The number of hydrogen-bond donors (Lipinski definition) is 0. The van der Waals surface area contributed by atoms with E-state index in [1.165, 1.54) is 0 Å². The second-order valence-corrected chi connectivity index (χ2v) is 5.52. The summed E-state index contributed by atoms with van der Waals surface area (Å²) in [5, 5.41) is 1.57. The predicted molar refractivity (Wildman–Crippen MR) is 62.8 cm³/mol. The Labute approximate surface area is 99.1 Å². The molecule has 0 fully saturated rings. The second kappa shape index (κ2) is 3.96. The molecule has 2 rings (SSSR count). The first-order chi connectivity index (χ1) is 6.66. The van der Waals surface area contributed by atoms with Crippen LogP contribution in [0.3, 0.4) is 0 Å². The van der Waals surface area contributed by atoms with Crippen LogP contribution >= 0.6 is 38.9 Å². The van der Waals surface area contributed by atoms with Crippen LogP contribution in [0.15, 0.2) is 22.2 Å². The zero-order chi connectivity index (χ0) is 10.1. The SMILES string of the molecule is Cc1nc(-c2cncc(Cl)c2)sc1Br. The fourth-order valence-electron chi connectivity index (χ4n) is 1.03. The third-order valence-electron chi connectivity index (χ3n) is 1.69. The zero-order valence-corrected chi connectivity index (χ0v) is 10.4. The molecular formula is C9H6BrClN2S. The molecular weight excluding hydrogens is 284 g/mol. The summed E-state index contributed by atoms with van der Waals surface area (Å²) in [7, 11) is 0. The van der Waals surface area contributed by atoms with E-state index in [9.17, 15) is 0 Å². The molecule has 0 radical (unpaired) electrons. The fourth-order valence-corrected chi connectivity index (χ4v) is 2.53. The molecule has 0 saturated carbocycles. The van der Waals surface area contributed by atoms with Gasteiger partial charge in [-0.3, -0.25) is 4.98 Å². The van der Waals surface area contributed by atoms with Gasteiger partial charge in [0, 0.05) is 18.0 Å². The zero-order valence-electron chi connectivity index (χ0n) is 7.29. The first-order valence-electron chi connectivity index (χ1n) is 3.90. The molecule has 0 aliphatic rings. The summed E-state index contributed by atoms with van der Waals surface area (Å²) >= 11 is 10.9. The summed E-state index contributed by atoms with van der Waals surface area (Å²) in [5.74, 6) is 0.